The third-order valence-corrected chi connectivity index (χ3v) is 5.17. The van der Waals surface area contributed by atoms with E-state index in [4.69, 9.17) is 11.6 Å². The topological polar surface area (TPSA) is 52.6 Å². The SMILES string of the molecule is Cl.O=C(C1CC(F)(F)CN1)N1CCC(C(O)c2ccc(Cl)cc2)CC1. The molecule has 0 radical (unpaired) electrons. The Morgan fingerprint density at radius 3 is 2.40 bits per heavy atom. The lowest BCUT2D eigenvalue weighted by molar-refractivity contribution is -0.135. The molecule has 2 aliphatic rings. The van der Waals surface area contributed by atoms with Crippen LogP contribution >= 0.6 is 24.0 Å². The fourth-order valence-electron chi connectivity index (χ4n) is 3.48. The van der Waals surface area contributed by atoms with Crippen LogP contribution in [-0.2, 0) is 4.79 Å². The van der Waals surface area contributed by atoms with Crippen LogP contribution in [-0.4, -0.2) is 47.5 Å². The maximum Gasteiger partial charge on any atom is 0.262 e. The van der Waals surface area contributed by atoms with Gasteiger partial charge in [-0.05, 0) is 36.5 Å². The van der Waals surface area contributed by atoms with Gasteiger partial charge in [-0.2, -0.15) is 0 Å². The first kappa shape index (κ1) is 20.4. The Bertz CT molecular complexity index is 593. The number of aliphatic hydroxyl groups excluding tert-OH is 1. The van der Waals surface area contributed by atoms with Gasteiger partial charge in [0.25, 0.3) is 5.92 Å². The summed E-state index contributed by atoms with van der Waals surface area (Å²) in [6, 6.07) is 6.29. The second-order valence-electron chi connectivity index (χ2n) is 6.65. The molecule has 1 amide bonds. The lowest BCUT2D eigenvalue weighted by Crippen LogP contribution is -2.47. The number of likely N-dealkylation sites (tertiary alicyclic amines) is 1. The van der Waals surface area contributed by atoms with Crippen molar-refractivity contribution in [3.8, 4) is 0 Å². The van der Waals surface area contributed by atoms with E-state index >= 15 is 0 Å². The zero-order chi connectivity index (χ0) is 17.3. The lowest BCUT2D eigenvalue weighted by Gasteiger charge is -2.35. The molecule has 2 saturated heterocycles. The number of alkyl halides is 2. The van der Waals surface area contributed by atoms with Crippen LogP contribution in [0.1, 0.15) is 30.9 Å². The molecule has 25 heavy (non-hydrogen) atoms. The largest absolute Gasteiger partial charge is 0.388 e. The van der Waals surface area contributed by atoms with Gasteiger partial charge >= 0.3 is 0 Å². The highest BCUT2D eigenvalue weighted by molar-refractivity contribution is 6.30. The average Bonchev–Trinajstić information content (AvgIpc) is 2.94. The van der Waals surface area contributed by atoms with E-state index in [1.807, 2.05) is 0 Å². The first-order chi connectivity index (χ1) is 11.4. The summed E-state index contributed by atoms with van der Waals surface area (Å²) in [5.74, 6) is -3.01. The van der Waals surface area contributed by atoms with Gasteiger partial charge in [-0.25, -0.2) is 8.78 Å². The zero-order valence-corrected chi connectivity index (χ0v) is 15.2. The van der Waals surface area contributed by atoms with E-state index in [1.165, 1.54) is 0 Å². The first-order valence-corrected chi connectivity index (χ1v) is 8.57. The van der Waals surface area contributed by atoms with Crippen molar-refractivity contribution in [3.05, 3.63) is 34.9 Å². The van der Waals surface area contributed by atoms with Crippen LogP contribution in [0.3, 0.4) is 0 Å². The Morgan fingerprint density at radius 2 is 1.88 bits per heavy atom. The minimum Gasteiger partial charge on any atom is -0.388 e. The first-order valence-electron chi connectivity index (χ1n) is 8.19. The van der Waals surface area contributed by atoms with Crippen molar-refractivity contribution in [1.29, 1.82) is 0 Å². The van der Waals surface area contributed by atoms with Gasteiger partial charge in [0.05, 0.1) is 18.7 Å². The Labute approximate surface area is 156 Å². The van der Waals surface area contributed by atoms with Crippen LogP contribution in [0.5, 0.6) is 0 Å². The summed E-state index contributed by atoms with van der Waals surface area (Å²) in [6.45, 7) is 0.533. The molecule has 2 heterocycles. The number of carbonyl (C=O) groups is 1. The van der Waals surface area contributed by atoms with Crippen LogP contribution in [0.2, 0.25) is 5.02 Å². The standard InChI is InChI=1S/C17H21ClF2N2O2.ClH/c18-13-3-1-11(2-4-13)15(23)12-5-7-22(8-6-12)16(24)14-9-17(19,20)10-21-14;/h1-4,12,14-15,21,23H,5-10H2;1H. The monoisotopic (exact) mass is 394 g/mol. The number of halogens is 4. The van der Waals surface area contributed by atoms with Crippen LogP contribution in [0, 0.1) is 5.92 Å². The predicted molar refractivity (Wildman–Crippen MR) is 94.3 cm³/mol. The van der Waals surface area contributed by atoms with Crippen molar-refractivity contribution >= 4 is 29.9 Å². The molecule has 8 heteroatoms. The van der Waals surface area contributed by atoms with Crippen molar-refractivity contribution in [3.63, 3.8) is 0 Å². The third kappa shape index (κ3) is 4.82. The number of nitrogens with one attached hydrogen (secondary N) is 1. The summed E-state index contributed by atoms with van der Waals surface area (Å²) in [4.78, 5) is 14.0. The Hall–Kier alpha value is -0.950. The fourth-order valence-corrected chi connectivity index (χ4v) is 3.60. The molecule has 2 aliphatic heterocycles. The van der Waals surface area contributed by atoms with E-state index < -0.39 is 31.0 Å². The Morgan fingerprint density at radius 1 is 1.28 bits per heavy atom. The van der Waals surface area contributed by atoms with Crippen LogP contribution in [0.25, 0.3) is 0 Å². The summed E-state index contributed by atoms with van der Waals surface area (Å²) in [6.07, 6.45) is 0.268. The highest BCUT2D eigenvalue weighted by Gasteiger charge is 2.44. The van der Waals surface area contributed by atoms with E-state index in [0.29, 0.717) is 31.0 Å². The van der Waals surface area contributed by atoms with Gasteiger partial charge in [0, 0.05) is 24.5 Å². The van der Waals surface area contributed by atoms with Crippen molar-refractivity contribution in [1.82, 2.24) is 10.2 Å². The van der Waals surface area contributed by atoms with Crippen molar-refractivity contribution in [2.45, 2.75) is 37.3 Å². The molecule has 0 bridgehead atoms. The Kier molecular flexibility index (Phi) is 6.65. The van der Waals surface area contributed by atoms with Crippen LogP contribution in [0.4, 0.5) is 8.78 Å². The molecule has 0 aromatic heterocycles. The molecule has 4 nitrogen and oxygen atoms in total. The van der Waals surface area contributed by atoms with Gasteiger partial charge in [-0.15, -0.1) is 12.4 Å². The molecule has 2 fully saturated rings. The normalized spacial score (nSPS) is 24.6. The second-order valence-corrected chi connectivity index (χ2v) is 7.09. The molecule has 0 saturated carbocycles. The maximum absolute atomic E-state index is 13.2. The summed E-state index contributed by atoms with van der Waals surface area (Å²) in [5.41, 5.74) is 0.807. The summed E-state index contributed by atoms with van der Waals surface area (Å²) < 4.78 is 26.5. The van der Waals surface area contributed by atoms with Gasteiger partial charge in [-0.1, -0.05) is 23.7 Å². The van der Waals surface area contributed by atoms with Crippen molar-refractivity contribution in [2.24, 2.45) is 5.92 Å². The van der Waals surface area contributed by atoms with E-state index in [-0.39, 0.29) is 24.2 Å². The molecule has 1 aromatic rings. The number of benzene rings is 1. The Balaban J connectivity index is 0.00000225. The van der Waals surface area contributed by atoms with Crippen LogP contribution < -0.4 is 5.32 Å². The quantitative estimate of drug-likeness (QED) is 0.828. The molecule has 0 spiro atoms. The van der Waals surface area contributed by atoms with Crippen molar-refractivity contribution in [2.75, 3.05) is 19.6 Å². The molecular formula is C17H22Cl2F2N2O2. The number of hydrogen-bond acceptors (Lipinski definition) is 3. The molecule has 2 atom stereocenters. The number of aliphatic hydroxyl groups is 1. The number of hydrogen-bond donors (Lipinski definition) is 2. The van der Waals surface area contributed by atoms with Gasteiger partial charge < -0.3 is 10.0 Å². The number of piperidine rings is 1. The van der Waals surface area contributed by atoms with E-state index in [9.17, 15) is 18.7 Å². The highest BCUT2D eigenvalue weighted by Crippen LogP contribution is 2.32. The average molecular weight is 395 g/mol. The molecule has 0 aliphatic carbocycles. The summed E-state index contributed by atoms with van der Waals surface area (Å²) >= 11 is 5.85. The zero-order valence-electron chi connectivity index (χ0n) is 13.6. The van der Waals surface area contributed by atoms with Gasteiger partial charge in [0.2, 0.25) is 5.91 Å². The number of nitrogens with zero attached hydrogens (tertiary/aromatic N) is 1. The number of amides is 1. The molecular weight excluding hydrogens is 373 g/mol. The lowest BCUT2D eigenvalue weighted by atomic mass is 9.87. The minimum absolute atomic E-state index is 0. The molecule has 2 N–H and O–H groups in total. The molecule has 2 unspecified atom stereocenters. The number of rotatable bonds is 3. The predicted octanol–water partition coefficient (Wildman–Crippen LogP) is 3.03. The summed E-state index contributed by atoms with van der Waals surface area (Å²) in [5, 5.41) is 13.7. The van der Waals surface area contributed by atoms with Gasteiger partial charge in [-0.3, -0.25) is 10.1 Å². The molecule has 140 valence electrons. The van der Waals surface area contributed by atoms with E-state index in [0.717, 1.165) is 5.56 Å². The summed E-state index contributed by atoms with van der Waals surface area (Å²) in [7, 11) is 0. The second kappa shape index (κ2) is 8.16. The van der Waals surface area contributed by atoms with Gasteiger partial charge in [0.15, 0.2) is 0 Å². The van der Waals surface area contributed by atoms with Gasteiger partial charge in [0.1, 0.15) is 0 Å². The number of carbonyl (C=O) groups excluding carboxylic acids is 1. The van der Waals surface area contributed by atoms with E-state index in [2.05, 4.69) is 5.32 Å². The van der Waals surface area contributed by atoms with E-state index in [1.54, 1.807) is 29.2 Å². The fraction of sp³-hybridized carbons (Fsp3) is 0.588. The minimum atomic E-state index is -2.80. The highest BCUT2D eigenvalue weighted by atomic mass is 35.5. The molecule has 3 rings (SSSR count). The third-order valence-electron chi connectivity index (χ3n) is 4.92. The molecule has 1 aromatic carbocycles. The smallest absolute Gasteiger partial charge is 0.262 e. The maximum atomic E-state index is 13.2. The van der Waals surface area contributed by atoms with Crippen molar-refractivity contribution < 1.29 is 18.7 Å². The van der Waals surface area contributed by atoms with Crippen LogP contribution in [0.15, 0.2) is 24.3 Å².